The van der Waals surface area contributed by atoms with Crippen molar-refractivity contribution in [1.82, 2.24) is 9.55 Å². The Bertz CT molecular complexity index is 426. The molecule has 0 saturated carbocycles. The molecule has 2 N–H and O–H groups in total. The fourth-order valence-corrected chi connectivity index (χ4v) is 1.89. The number of nitrogens with two attached hydrogens (primary N) is 1. The van der Waals surface area contributed by atoms with Gasteiger partial charge in [-0.05, 0) is 13.3 Å². The lowest BCUT2D eigenvalue weighted by Gasteiger charge is -2.19. The van der Waals surface area contributed by atoms with Crippen molar-refractivity contribution >= 4 is 5.95 Å². The minimum Gasteiger partial charge on any atom is -0.341 e. The van der Waals surface area contributed by atoms with Gasteiger partial charge in [0.2, 0.25) is 5.95 Å². The molecule has 2 rings (SSSR count). The van der Waals surface area contributed by atoms with Crippen LogP contribution in [-0.2, 0) is 7.05 Å². The van der Waals surface area contributed by atoms with Crippen molar-refractivity contribution in [2.24, 2.45) is 12.8 Å². The Hall–Kier alpha value is -1.36. The van der Waals surface area contributed by atoms with Crippen LogP contribution >= 0.6 is 0 Å². The SMILES string of the molecule is Cc1cc(=O)n(C)c(N2CC[C@@H](N)C2)n1. The summed E-state index contributed by atoms with van der Waals surface area (Å²) >= 11 is 0. The summed E-state index contributed by atoms with van der Waals surface area (Å²) < 4.78 is 1.57. The number of hydrogen-bond donors (Lipinski definition) is 1. The summed E-state index contributed by atoms with van der Waals surface area (Å²) in [6.45, 7) is 3.50. The fraction of sp³-hybridized carbons (Fsp3) is 0.600. The molecule has 0 aliphatic carbocycles. The third-order valence-corrected chi connectivity index (χ3v) is 2.75. The molecule has 5 nitrogen and oxygen atoms in total. The Morgan fingerprint density at radius 3 is 2.93 bits per heavy atom. The average Bonchev–Trinajstić information content (AvgIpc) is 2.58. The van der Waals surface area contributed by atoms with Gasteiger partial charge in [-0.2, -0.15) is 0 Å². The molecule has 1 saturated heterocycles. The second-order valence-corrected chi connectivity index (χ2v) is 4.09. The summed E-state index contributed by atoms with van der Waals surface area (Å²) in [4.78, 5) is 18.0. The van der Waals surface area contributed by atoms with Gasteiger partial charge < -0.3 is 10.6 Å². The Kier molecular flexibility index (Phi) is 2.48. The topological polar surface area (TPSA) is 64.2 Å². The van der Waals surface area contributed by atoms with Gasteiger partial charge in [0.1, 0.15) is 0 Å². The first-order chi connectivity index (χ1) is 7.08. The standard InChI is InChI=1S/C10H16N4O/c1-7-5-9(15)13(2)10(12-7)14-4-3-8(11)6-14/h5,8H,3-4,6,11H2,1-2H3/t8-/m1/s1. The molecule has 0 radical (unpaired) electrons. The van der Waals surface area contributed by atoms with Crippen LogP contribution in [-0.4, -0.2) is 28.7 Å². The summed E-state index contributed by atoms with van der Waals surface area (Å²) in [7, 11) is 1.74. The van der Waals surface area contributed by atoms with Crippen molar-refractivity contribution in [3.8, 4) is 0 Å². The fourth-order valence-electron chi connectivity index (χ4n) is 1.89. The summed E-state index contributed by atoms with van der Waals surface area (Å²) in [6.07, 6.45) is 0.962. The zero-order valence-corrected chi connectivity index (χ0v) is 9.10. The van der Waals surface area contributed by atoms with Crippen LogP contribution in [0.1, 0.15) is 12.1 Å². The quantitative estimate of drug-likeness (QED) is 0.683. The van der Waals surface area contributed by atoms with Crippen molar-refractivity contribution in [2.45, 2.75) is 19.4 Å². The van der Waals surface area contributed by atoms with Gasteiger partial charge in [-0.25, -0.2) is 4.98 Å². The molecule has 1 aromatic heterocycles. The van der Waals surface area contributed by atoms with Gasteiger partial charge in [0.15, 0.2) is 0 Å². The Morgan fingerprint density at radius 2 is 2.33 bits per heavy atom. The van der Waals surface area contributed by atoms with Gasteiger partial charge in [0, 0.05) is 37.9 Å². The smallest absolute Gasteiger partial charge is 0.254 e. The van der Waals surface area contributed by atoms with E-state index in [-0.39, 0.29) is 11.6 Å². The summed E-state index contributed by atoms with van der Waals surface area (Å²) in [5.74, 6) is 0.730. The molecule has 1 aliphatic heterocycles. The van der Waals surface area contributed by atoms with Crippen LogP contribution in [0.5, 0.6) is 0 Å². The minimum absolute atomic E-state index is 0.0158. The number of rotatable bonds is 1. The van der Waals surface area contributed by atoms with Gasteiger partial charge >= 0.3 is 0 Å². The average molecular weight is 208 g/mol. The number of aryl methyl sites for hydroxylation is 1. The molecule has 82 valence electrons. The second kappa shape index (κ2) is 3.66. The Balaban J connectivity index is 2.39. The zero-order chi connectivity index (χ0) is 11.0. The van der Waals surface area contributed by atoms with Gasteiger partial charge in [-0.3, -0.25) is 9.36 Å². The predicted octanol–water partition coefficient (Wildman–Crippen LogP) is -0.374. The lowest BCUT2D eigenvalue weighted by molar-refractivity contribution is 0.733. The highest BCUT2D eigenvalue weighted by molar-refractivity contribution is 5.34. The highest BCUT2D eigenvalue weighted by Gasteiger charge is 2.22. The summed E-state index contributed by atoms with van der Waals surface area (Å²) in [6, 6.07) is 1.74. The third kappa shape index (κ3) is 1.87. The monoisotopic (exact) mass is 208 g/mol. The maximum absolute atomic E-state index is 11.6. The van der Waals surface area contributed by atoms with Crippen molar-refractivity contribution in [3.05, 3.63) is 22.1 Å². The minimum atomic E-state index is -0.0158. The van der Waals surface area contributed by atoms with Gasteiger partial charge in [0.05, 0.1) is 0 Å². The van der Waals surface area contributed by atoms with Gasteiger partial charge in [-0.1, -0.05) is 0 Å². The number of anilines is 1. The normalized spacial score (nSPS) is 21.0. The van der Waals surface area contributed by atoms with Crippen molar-refractivity contribution in [1.29, 1.82) is 0 Å². The van der Waals surface area contributed by atoms with E-state index in [9.17, 15) is 4.79 Å². The Labute approximate surface area is 88.5 Å². The maximum atomic E-state index is 11.6. The molecule has 2 heterocycles. The molecule has 15 heavy (non-hydrogen) atoms. The molecular formula is C10H16N4O. The number of aromatic nitrogens is 2. The summed E-state index contributed by atoms with van der Waals surface area (Å²) in [5.41, 5.74) is 6.57. The van der Waals surface area contributed by atoms with E-state index in [1.165, 1.54) is 0 Å². The van der Waals surface area contributed by atoms with Crippen LogP contribution in [0.3, 0.4) is 0 Å². The Morgan fingerprint density at radius 1 is 1.60 bits per heavy atom. The largest absolute Gasteiger partial charge is 0.341 e. The van der Waals surface area contributed by atoms with Crippen LogP contribution in [0.2, 0.25) is 0 Å². The van der Waals surface area contributed by atoms with E-state index >= 15 is 0 Å². The molecule has 0 spiro atoms. The van der Waals surface area contributed by atoms with Crippen LogP contribution in [0.25, 0.3) is 0 Å². The molecule has 0 aromatic carbocycles. The summed E-state index contributed by atoms with van der Waals surface area (Å²) in [5, 5.41) is 0. The van der Waals surface area contributed by atoms with Crippen molar-refractivity contribution in [2.75, 3.05) is 18.0 Å². The second-order valence-electron chi connectivity index (χ2n) is 4.09. The lowest BCUT2D eigenvalue weighted by Crippen LogP contribution is -2.32. The lowest BCUT2D eigenvalue weighted by atomic mass is 10.3. The number of hydrogen-bond acceptors (Lipinski definition) is 4. The molecule has 0 unspecified atom stereocenters. The molecule has 1 fully saturated rings. The van der Waals surface area contributed by atoms with E-state index in [1.807, 2.05) is 6.92 Å². The molecule has 1 atom stereocenters. The van der Waals surface area contributed by atoms with Gasteiger partial charge in [-0.15, -0.1) is 0 Å². The zero-order valence-electron chi connectivity index (χ0n) is 9.10. The van der Waals surface area contributed by atoms with Crippen LogP contribution in [0.15, 0.2) is 10.9 Å². The third-order valence-electron chi connectivity index (χ3n) is 2.75. The van der Waals surface area contributed by atoms with E-state index in [2.05, 4.69) is 9.88 Å². The number of nitrogens with zero attached hydrogens (tertiary/aromatic N) is 3. The first kappa shape index (κ1) is 10.2. The van der Waals surface area contributed by atoms with E-state index in [0.717, 1.165) is 31.2 Å². The van der Waals surface area contributed by atoms with Crippen LogP contribution in [0.4, 0.5) is 5.95 Å². The molecule has 1 aliphatic rings. The molecule has 0 bridgehead atoms. The highest BCUT2D eigenvalue weighted by Crippen LogP contribution is 2.15. The molecular weight excluding hydrogens is 192 g/mol. The van der Waals surface area contributed by atoms with E-state index in [0.29, 0.717) is 0 Å². The first-order valence-corrected chi connectivity index (χ1v) is 5.13. The van der Waals surface area contributed by atoms with Crippen molar-refractivity contribution < 1.29 is 0 Å². The molecule has 1 aromatic rings. The van der Waals surface area contributed by atoms with E-state index in [4.69, 9.17) is 5.73 Å². The van der Waals surface area contributed by atoms with E-state index in [1.54, 1.807) is 17.7 Å². The first-order valence-electron chi connectivity index (χ1n) is 5.13. The van der Waals surface area contributed by atoms with Crippen LogP contribution in [0, 0.1) is 6.92 Å². The van der Waals surface area contributed by atoms with Crippen LogP contribution < -0.4 is 16.2 Å². The van der Waals surface area contributed by atoms with Gasteiger partial charge in [0.25, 0.3) is 5.56 Å². The van der Waals surface area contributed by atoms with Crippen molar-refractivity contribution in [3.63, 3.8) is 0 Å². The van der Waals surface area contributed by atoms with E-state index < -0.39 is 0 Å². The molecule has 0 amide bonds. The maximum Gasteiger partial charge on any atom is 0.254 e. The molecule has 5 heteroatoms. The highest BCUT2D eigenvalue weighted by atomic mass is 16.1. The predicted molar refractivity (Wildman–Crippen MR) is 59.0 cm³/mol.